The number of rotatable bonds is 4. The van der Waals surface area contributed by atoms with Crippen molar-refractivity contribution in [3.63, 3.8) is 0 Å². The van der Waals surface area contributed by atoms with Gasteiger partial charge in [0.2, 0.25) is 5.91 Å². The van der Waals surface area contributed by atoms with Crippen LogP contribution in [-0.2, 0) is 24.3 Å². The van der Waals surface area contributed by atoms with E-state index in [0.29, 0.717) is 11.8 Å². The third-order valence-electron chi connectivity index (χ3n) is 6.67. The highest BCUT2D eigenvalue weighted by molar-refractivity contribution is 5.79. The van der Waals surface area contributed by atoms with Crippen LogP contribution in [0.15, 0.2) is 22.8 Å². The highest BCUT2D eigenvalue weighted by atomic mass is 16.3. The first-order valence-corrected chi connectivity index (χ1v) is 10.4. The van der Waals surface area contributed by atoms with E-state index in [4.69, 9.17) is 4.42 Å². The number of fused-ring (bicyclic) bond motifs is 1. The topological polar surface area (TPSA) is 65.4 Å². The lowest BCUT2D eigenvalue weighted by molar-refractivity contribution is -0.138. The first-order chi connectivity index (χ1) is 13.3. The number of likely N-dealkylation sites (tertiary alicyclic amines) is 1. The van der Waals surface area contributed by atoms with Crippen LogP contribution in [0.25, 0.3) is 0 Å². The van der Waals surface area contributed by atoms with E-state index in [-0.39, 0.29) is 5.92 Å². The van der Waals surface area contributed by atoms with E-state index in [2.05, 4.69) is 20.0 Å². The van der Waals surface area contributed by atoms with E-state index >= 15 is 0 Å². The Kier molecular flexibility index (Phi) is 4.52. The van der Waals surface area contributed by atoms with Gasteiger partial charge < -0.3 is 9.32 Å². The van der Waals surface area contributed by atoms with Crippen LogP contribution in [0.4, 0.5) is 0 Å². The predicted molar refractivity (Wildman–Crippen MR) is 101 cm³/mol. The molecule has 1 N–H and O–H groups in total. The molecule has 4 heterocycles. The van der Waals surface area contributed by atoms with Gasteiger partial charge in [0.05, 0.1) is 18.5 Å². The van der Waals surface area contributed by atoms with Crippen LogP contribution in [0, 0.1) is 5.92 Å². The van der Waals surface area contributed by atoms with Crippen molar-refractivity contribution in [3.8, 4) is 0 Å². The normalized spacial score (nSPS) is 21.9. The number of aromatic nitrogens is 2. The largest absolute Gasteiger partial charge is 0.468 e. The van der Waals surface area contributed by atoms with Gasteiger partial charge in [-0.15, -0.1) is 0 Å². The van der Waals surface area contributed by atoms with E-state index in [1.165, 1.54) is 36.2 Å². The minimum Gasteiger partial charge on any atom is -0.468 e. The van der Waals surface area contributed by atoms with E-state index in [9.17, 15) is 4.79 Å². The van der Waals surface area contributed by atoms with E-state index in [0.717, 1.165) is 57.7 Å². The SMILES string of the molecule is O=C(C1CCN(Cc2ccco2)CC1)N1CCc2[nH]nc(C3CCC3)c2C1. The molecular weight excluding hydrogens is 340 g/mol. The minimum atomic E-state index is 0.165. The lowest BCUT2D eigenvalue weighted by atomic mass is 9.80. The Bertz CT molecular complexity index is 785. The summed E-state index contributed by atoms with van der Waals surface area (Å²) in [6.45, 7) is 4.36. The highest BCUT2D eigenvalue weighted by Gasteiger charge is 2.34. The molecule has 2 fully saturated rings. The summed E-state index contributed by atoms with van der Waals surface area (Å²) in [5.41, 5.74) is 3.81. The van der Waals surface area contributed by atoms with E-state index in [1.54, 1.807) is 6.26 Å². The molecule has 1 aliphatic carbocycles. The summed E-state index contributed by atoms with van der Waals surface area (Å²) in [6, 6.07) is 3.96. The average molecular weight is 368 g/mol. The van der Waals surface area contributed by atoms with Gasteiger partial charge in [-0.1, -0.05) is 6.42 Å². The number of furan rings is 1. The molecule has 27 heavy (non-hydrogen) atoms. The number of carbonyl (C=O) groups is 1. The zero-order valence-electron chi connectivity index (χ0n) is 15.8. The first-order valence-electron chi connectivity index (χ1n) is 10.4. The van der Waals surface area contributed by atoms with Crippen LogP contribution in [0.5, 0.6) is 0 Å². The summed E-state index contributed by atoms with van der Waals surface area (Å²) in [5, 5.41) is 7.83. The average Bonchev–Trinajstić information content (AvgIpc) is 3.30. The maximum atomic E-state index is 13.1. The summed E-state index contributed by atoms with van der Waals surface area (Å²) >= 11 is 0. The van der Waals surface area contributed by atoms with Crippen LogP contribution in [0.1, 0.15) is 60.7 Å². The molecule has 3 aliphatic rings. The second-order valence-electron chi connectivity index (χ2n) is 8.33. The van der Waals surface area contributed by atoms with Gasteiger partial charge in [0, 0.05) is 42.6 Å². The van der Waals surface area contributed by atoms with E-state index < -0.39 is 0 Å². The van der Waals surface area contributed by atoms with Gasteiger partial charge in [-0.3, -0.25) is 14.8 Å². The Labute approximate surface area is 159 Å². The molecule has 6 nitrogen and oxygen atoms in total. The number of piperidine rings is 1. The molecule has 0 atom stereocenters. The summed E-state index contributed by atoms with van der Waals surface area (Å²) in [7, 11) is 0. The van der Waals surface area contributed by atoms with Crippen molar-refractivity contribution >= 4 is 5.91 Å². The van der Waals surface area contributed by atoms with Crippen LogP contribution >= 0.6 is 0 Å². The van der Waals surface area contributed by atoms with Gasteiger partial charge in [0.25, 0.3) is 0 Å². The van der Waals surface area contributed by atoms with Crippen molar-refractivity contribution in [3.05, 3.63) is 41.1 Å². The number of H-pyrrole nitrogens is 1. The molecule has 2 aromatic heterocycles. The molecule has 144 valence electrons. The Hall–Kier alpha value is -2.08. The van der Waals surface area contributed by atoms with Crippen molar-refractivity contribution in [1.82, 2.24) is 20.0 Å². The van der Waals surface area contributed by atoms with Crippen molar-refractivity contribution < 1.29 is 9.21 Å². The van der Waals surface area contributed by atoms with Gasteiger partial charge in [0.15, 0.2) is 0 Å². The van der Waals surface area contributed by atoms with Crippen molar-refractivity contribution in [1.29, 1.82) is 0 Å². The summed E-state index contributed by atoms with van der Waals surface area (Å²) in [5.74, 6) is 2.13. The summed E-state index contributed by atoms with van der Waals surface area (Å²) in [4.78, 5) is 17.6. The van der Waals surface area contributed by atoms with Gasteiger partial charge in [0.1, 0.15) is 5.76 Å². The number of hydrogen-bond donors (Lipinski definition) is 1. The fourth-order valence-corrected chi connectivity index (χ4v) is 4.74. The number of aromatic amines is 1. The summed E-state index contributed by atoms with van der Waals surface area (Å²) in [6.07, 6.45) is 8.35. The Morgan fingerprint density at radius 1 is 1.22 bits per heavy atom. The maximum Gasteiger partial charge on any atom is 0.226 e. The molecule has 1 saturated heterocycles. The molecular formula is C21H28N4O2. The molecule has 1 amide bonds. The number of nitrogens with zero attached hydrogens (tertiary/aromatic N) is 3. The molecule has 2 aliphatic heterocycles. The molecule has 2 aromatic rings. The monoisotopic (exact) mass is 368 g/mol. The van der Waals surface area contributed by atoms with Gasteiger partial charge >= 0.3 is 0 Å². The Balaban J connectivity index is 1.19. The number of hydrogen-bond acceptors (Lipinski definition) is 4. The highest BCUT2D eigenvalue weighted by Crippen LogP contribution is 2.39. The fraction of sp³-hybridized carbons (Fsp3) is 0.619. The van der Waals surface area contributed by atoms with E-state index in [1.807, 2.05) is 12.1 Å². The lowest BCUT2D eigenvalue weighted by Gasteiger charge is -2.36. The van der Waals surface area contributed by atoms with Crippen molar-refractivity contribution in [2.45, 2.75) is 57.5 Å². The second kappa shape index (κ2) is 7.15. The minimum absolute atomic E-state index is 0.165. The van der Waals surface area contributed by atoms with Crippen LogP contribution < -0.4 is 0 Å². The quantitative estimate of drug-likeness (QED) is 0.901. The number of amides is 1. The number of nitrogens with one attached hydrogen (secondary N) is 1. The lowest BCUT2D eigenvalue weighted by Crippen LogP contribution is -2.44. The molecule has 0 radical (unpaired) electrons. The van der Waals surface area contributed by atoms with Gasteiger partial charge in [-0.2, -0.15) is 5.10 Å². The smallest absolute Gasteiger partial charge is 0.226 e. The number of carbonyl (C=O) groups excluding carboxylic acids is 1. The molecule has 1 saturated carbocycles. The van der Waals surface area contributed by atoms with Crippen LogP contribution in [-0.4, -0.2) is 45.5 Å². The fourth-order valence-electron chi connectivity index (χ4n) is 4.74. The van der Waals surface area contributed by atoms with Gasteiger partial charge in [-0.05, 0) is 50.9 Å². The standard InChI is InChI=1S/C21H28N4O2/c26-21(16-6-9-24(10-7-16)13-17-5-2-12-27-17)25-11-8-19-18(14-25)20(23-22-19)15-3-1-4-15/h2,5,12,15-16H,1,3-4,6-11,13-14H2,(H,22,23). The Morgan fingerprint density at radius 2 is 2.07 bits per heavy atom. The van der Waals surface area contributed by atoms with Gasteiger partial charge in [-0.25, -0.2) is 0 Å². The third kappa shape index (κ3) is 3.31. The molecule has 6 heteroatoms. The molecule has 0 spiro atoms. The van der Waals surface area contributed by atoms with Crippen LogP contribution in [0.3, 0.4) is 0 Å². The third-order valence-corrected chi connectivity index (χ3v) is 6.67. The first kappa shape index (κ1) is 17.0. The molecule has 5 rings (SSSR count). The second-order valence-corrected chi connectivity index (χ2v) is 8.33. The predicted octanol–water partition coefficient (Wildman–Crippen LogP) is 3.07. The molecule has 0 aromatic carbocycles. The van der Waals surface area contributed by atoms with Crippen molar-refractivity contribution in [2.24, 2.45) is 5.92 Å². The zero-order chi connectivity index (χ0) is 18.2. The molecule has 0 bridgehead atoms. The Morgan fingerprint density at radius 3 is 2.78 bits per heavy atom. The summed E-state index contributed by atoms with van der Waals surface area (Å²) < 4.78 is 5.45. The van der Waals surface area contributed by atoms with Crippen molar-refractivity contribution in [2.75, 3.05) is 19.6 Å². The van der Waals surface area contributed by atoms with Crippen LogP contribution in [0.2, 0.25) is 0 Å². The maximum absolute atomic E-state index is 13.1. The molecule has 0 unspecified atom stereocenters. The zero-order valence-corrected chi connectivity index (χ0v) is 15.8.